The summed E-state index contributed by atoms with van der Waals surface area (Å²) >= 11 is 0. The van der Waals surface area contributed by atoms with Gasteiger partial charge in [-0.15, -0.1) is 0 Å². The Hall–Kier alpha value is -0.570. The van der Waals surface area contributed by atoms with Gasteiger partial charge in [0.1, 0.15) is 0 Å². The number of carbonyl (C=O) groups is 1. The fourth-order valence-electron chi connectivity index (χ4n) is 3.42. The average Bonchev–Trinajstić information content (AvgIpc) is 2.45. The first-order valence-electron chi connectivity index (χ1n) is 8.15. The van der Waals surface area contributed by atoms with E-state index in [4.69, 9.17) is 0 Å². The van der Waals surface area contributed by atoms with Crippen molar-refractivity contribution in [3.8, 4) is 0 Å². The highest BCUT2D eigenvalue weighted by molar-refractivity contribution is 5.75. The summed E-state index contributed by atoms with van der Waals surface area (Å²) < 4.78 is 0. The van der Waals surface area contributed by atoms with Gasteiger partial charge in [0, 0.05) is 13.0 Å². The molecule has 3 nitrogen and oxygen atoms in total. The van der Waals surface area contributed by atoms with Crippen LogP contribution in [0.1, 0.15) is 64.7 Å². The van der Waals surface area contributed by atoms with Gasteiger partial charge in [0.25, 0.3) is 0 Å². The maximum atomic E-state index is 11.9. The maximum Gasteiger partial charge on any atom is 0.220 e. The Kier molecular flexibility index (Phi) is 5.68. The number of hydrogen-bond acceptors (Lipinski definition) is 2. The number of nitrogens with one attached hydrogen (secondary N) is 2. The third-order valence-corrected chi connectivity index (χ3v) is 5.03. The van der Waals surface area contributed by atoms with Crippen LogP contribution in [0.5, 0.6) is 0 Å². The van der Waals surface area contributed by atoms with E-state index in [0.29, 0.717) is 5.41 Å². The Labute approximate surface area is 117 Å². The summed E-state index contributed by atoms with van der Waals surface area (Å²) in [6.07, 6.45) is 11.0. The van der Waals surface area contributed by atoms with E-state index in [-0.39, 0.29) is 5.91 Å². The van der Waals surface area contributed by atoms with E-state index in [1.165, 1.54) is 44.9 Å². The second kappa shape index (κ2) is 7.28. The zero-order valence-corrected chi connectivity index (χ0v) is 12.5. The number of hydrogen-bond donors (Lipinski definition) is 2. The second-order valence-electron chi connectivity index (χ2n) is 6.88. The van der Waals surface area contributed by atoms with Gasteiger partial charge in [0.15, 0.2) is 0 Å². The molecule has 1 saturated carbocycles. The van der Waals surface area contributed by atoms with Crippen molar-refractivity contribution in [1.82, 2.24) is 10.6 Å². The van der Waals surface area contributed by atoms with Crippen LogP contribution in [0.15, 0.2) is 0 Å². The minimum Gasteiger partial charge on any atom is -0.356 e. The molecule has 2 N–H and O–H groups in total. The minimum absolute atomic E-state index is 0.269. The molecule has 0 atom stereocenters. The highest BCUT2D eigenvalue weighted by atomic mass is 16.1. The number of rotatable bonds is 5. The van der Waals surface area contributed by atoms with Crippen LogP contribution < -0.4 is 10.6 Å². The Balaban J connectivity index is 1.61. The van der Waals surface area contributed by atoms with Crippen molar-refractivity contribution in [2.24, 2.45) is 11.3 Å². The Morgan fingerprint density at radius 3 is 2.58 bits per heavy atom. The molecule has 1 saturated heterocycles. The largest absolute Gasteiger partial charge is 0.356 e. The van der Waals surface area contributed by atoms with Crippen molar-refractivity contribution >= 4 is 5.91 Å². The van der Waals surface area contributed by atoms with Crippen LogP contribution >= 0.6 is 0 Å². The standard InChI is InChI=1S/C16H30N2O/c1-16(9-11-17-12-10-16)13-18-15(19)8-7-14-5-3-2-4-6-14/h14,17H,2-13H2,1H3,(H,18,19). The molecule has 3 heteroatoms. The quantitative estimate of drug-likeness (QED) is 0.803. The van der Waals surface area contributed by atoms with E-state index in [2.05, 4.69) is 17.6 Å². The van der Waals surface area contributed by atoms with E-state index >= 15 is 0 Å². The monoisotopic (exact) mass is 266 g/mol. The van der Waals surface area contributed by atoms with Crippen LogP contribution in [0.25, 0.3) is 0 Å². The van der Waals surface area contributed by atoms with Gasteiger partial charge in [0.05, 0.1) is 0 Å². The highest BCUT2D eigenvalue weighted by Gasteiger charge is 2.27. The molecule has 1 aliphatic carbocycles. The smallest absolute Gasteiger partial charge is 0.220 e. The van der Waals surface area contributed by atoms with Gasteiger partial charge in [-0.05, 0) is 43.7 Å². The summed E-state index contributed by atoms with van der Waals surface area (Å²) in [6, 6.07) is 0. The van der Waals surface area contributed by atoms with Crippen LogP contribution in [0.3, 0.4) is 0 Å². The third-order valence-electron chi connectivity index (χ3n) is 5.03. The van der Waals surface area contributed by atoms with Crippen LogP contribution in [0.2, 0.25) is 0 Å². The minimum atomic E-state index is 0.269. The zero-order chi connectivity index (χ0) is 13.6. The number of piperidine rings is 1. The van der Waals surface area contributed by atoms with Gasteiger partial charge >= 0.3 is 0 Å². The molecule has 2 fully saturated rings. The van der Waals surface area contributed by atoms with Crippen molar-refractivity contribution in [2.45, 2.75) is 64.7 Å². The Morgan fingerprint density at radius 2 is 1.89 bits per heavy atom. The molecule has 0 aromatic carbocycles. The van der Waals surface area contributed by atoms with E-state index in [1.807, 2.05) is 0 Å². The van der Waals surface area contributed by atoms with Gasteiger partial charge in [-0.25, -0.2) is 0 Å². The second-order valence-corrected chi connectivity index (χ2v) is 6.88. The molecule has 1 amide bonds. The molecule has 0 radical (unpaired) electrons. The lowest BCUT2D eigenvalue weighted by atomic mass is 9.81. The van der Waals surface area contributed by atoms with Crippen molar-refractivity contribution < 1.29 is 4.79 Å². The van der Waals surface area contributed by atoms with E-state index < -0.39 is 0 Å². The average molecular weight is 266 g/mol. The topological polar surface area (TPSA) is 41.1 Å². The van der Waals surface area contributed by atoms with Gasteiger partial charge in [0.2, 0.25) is 5.91 Å². The first-order valence-corrected chi connectivity index (χ1v) is 8.15. The summed E-state index contributed by atoms with van der Waals surface area (Å²) in [7, 11) is 0. The molecule has 0 spiro atoms. The predicted octanol–water partition coefficient (Wildman–Crippen LogP) is 2.85. The highest BCUT2D eigenvalue weighted by Crippen LogP contribution is 2.28. The van der Waals surface area contributed by atoms with Crippen LogP contribution in [-0.4, -0.2) is 25.5 Å². The molecule has 110 valence electrons. The third kappa shape index (κ3) is 5.13. The lowest BCUT2D eigenvalue weighted by Crippen LogP contribution is -2.42. The normalized spacial score (nSPS) is 24.1. The zero-order valence-electron chi connectivity index (χ0n) is 12.5. The molecule has 19 heavy (non-hydrogen) atoms. The van der Waals surface area contributed by atoms with Crippen LogP contribution in [0, 0.1) is 11.3 Å². The van der Waals surface area contributed by atoms with Crippen molar-refractivity contribution in [1.29, 1.82) is 0 Å². The van der Waals surface area contributed by atoms with Gasteiger partial charge in [-0.1, -0.05) is 39.0 Å². The Bertz CT molecular complexity index is 278. The fraction of sp³-hybridized carbons (Fsp3) is 0.938. The number of carbonyl (C=O) groups excluding carboxylic acids is 1. The summed E-state index contributed by atoms with van der Waals surface area (Å²) in [4.78, 5) is 11.9. The summed E-state index contributed by atoms with van der Waals surface area (Å²) in [5.74, 6) is 1.08. The SMILES string of the molecule is CC1(CNC(=O)CCC2CCCCC2)CCNCC1. The van der Waals surface area contributed by atoms with Gasteiger partial charge in [-0.2, -0.15) is 0 Å². The summed E-state index contributed by atoms with van der Waals surface area (Å²) in [5.41, 5.74) is 0.311. The van der Waals surface area contributed by atoms with E-state index in [1.54, 1.807) is 0 Å². The summed E-state index contributed by atoms with van der Waals surface area (Å²) in [5, 5.41) is 6.55. The van der Waals surface area contributed by atoms with Gasteiger partial charge < -0.3 is 10.6 Å². The van der Waals surface area contributed by atoms with Gasteiger partial charge in [-0.3, -0.25) is 4.79 Å². The molecule has 0 aromatic heterocycles. The van der Waals surface area contributed by atoms with Crippen LogP contribution in [-0.2, 0) is 4.79 Å². The van der Waals surface area contributed by atoms with E-state index in [0.717, 1.165) is 38.4 Å². The molecule has 1 heterocycles. The van der Waals surface area contributed by atoms with Crippen molar-refractivity contribution in [3.05, 3.63) is 0 Å². The molecular formula is C16H30N2O. The number of amides is 1. The first-order chi connectivity index (χ1) is 9.18. The fourth-order valence-corrected chi connectivity index (χ4v) is 3.42. The molecular weight excluding hydrogens is 236 g/mol. The lowest BCUT2D eigenvalue weighted by molar-refractivity contribution is -0.122. The molecule has 0 bridgehead atoms. The summed E-state index contributed by atoms with van der Waals surface area (Å²) in [6.45, 7) is 5.34. The van der Waals surface area contributed by atoms with E-state index in [9.17, 15) is 4.79 Å². The molecule has 2 rings (SSSR count). The van der Waals surface area contributed by atoms with Crippen LogP contribution in [0.4, 0.5) is 0 Å². The van der Waals surface area contributed by atoms with Crippen molar-refractivity contribution in [3.63, 3.8) is 0 Å². The molecule has 1 aliphatic heterocycles. The van der Waals surface area contributed by atoms with Crippen molar-refractivity contribution in [2.75, 3.05) is 19.6 Å². The first kappa shape index (κ1) is 14.8. The maximum absolute atomic E-state index is 11.9. The molecule has 0 aromatic rings. The molecule has 0 unspecified atom stereocenters. The Morgan fingerprint density at radius 1 is 1.21 bits per heavy atom. The molecule has 2 aliphatic rings. The predicted molar refractivity (Wildman–Crippen MR) is 79.0 cm³/mol. The lowest BCUT2D eigenvalue weighted by Gasteiger charge is -2.34.